The van der Waals surface area contributed by atoms with Crippen LogP contribution in [-0.2, 0) is 19.2 Å². The molecule has 0 aromatic heterocycles. The predicted molar refractivity (Wildman–Crippen MR) is 153 cm³/mol. The Labute approximate surface area is 231 Å². The van der Waals surface area contributed by atoms with Crippen LogP contribution in [0, 0.1) is 13.8 Å². The SMILES string of the molecule is CC(c1ccc(N=C=O)cc1)c1ccc(N=C=O)cc1.Cc1cc(-c2ccc(N=C=O)c(C)c2)ccc1N=C=O. The third-order valence-corrected chi connectivity index (χ3v) is 6.19. The molecule has 0 heterocycles. The van der Waals surface area contributed by atoms with Crippen LogP contribution >= 0.6 is 0 Å². The number of aryl methyl sites for hydroxylation is 2. The second-order valence-corrected chi connectivity index (χ2v) is 8.72. The van der Waals surface area contributed by atoms with Gasteiger partial charge in [0, 0.05) is 5.92 Å². The van der Waals surface area contributed by atoms with Gasteiger partial charge in [-0.25, -0.2) is 19.2 Å². The smallest absolute Gasteiger partial charge is 0.211 e. The van der Waals surface area contributed by atoms with Crippen molar-refractivity contribution in [3.63, 3.8) is 0 Å². The zero-order valence-electron chi connectivity index (χ0n) is 22.1. The van der Waals surface area contributed by atoms with E-state index in [0.717, 1.165) is 33.4 Å². The molecule has 0 N–H and O–H groups in total. The molecule has 0 unspecified atom stereocenters. The average Bonchev–Trinajstić information content (AvgIpc) is 2.96. The van der Waals surface area contributed by atoms with Gasteiger partial charge in [0.2, 0.25) is 24.3 Å². The molecule has 0 atom stereocenters. The summed E-state index contributed by atoms with van der Waals surface area (Å²) in [7, 11) is 0. The van der Waals surface area contributed by atoms with Gasteiger partial charge >= 0.3 is 0 Å². The molecule has 4 rings (SSSR count). The van der Waals surface area contributed by atoms with E-state index in [2.05, 4.69) is 26.9 Å². The lowest BCUT2D eigenvalue weighted by Gasteiger charge is -2.12. The van der Waals surface area contributed by atoms with Crippen molar-refractivity contribution in [1.82, 2.24) is 0 Å². The van der Waals surface area contributed by atoms with Gasteiger partial charge in [0.25, 0.3) is 0 Å². The summed E-state index contributed by atoms with van der Waals surface area (Å²) in [5, 5.41) is 0. The normalized spacial score (nSPS) is 10.3. The highest BCUT2D eigenvalue weighted by Gasteiger charge is 2.08. The molecule has 0 aliphatic heterocycles. The zero-order valence-corrected chi connectivity index (χ0v) is 22.1. The lowest BCUT2D eigenvalue weighted by Crippen LogP contribution is -1.94. The Kier molecular flexibility index (Phi) is 10.4. The quantitative estimate of drug-likeness (QED) is 0.180. The number of hydrogen-bond donors (Lipinski definition) is 0. The van der Waals surface area contributed by atoms with Crippen LogP contribution < -0.4 is 0 Å². The van der Waals surface area contributed by atoms with Gasteiger partial charge in [-0.15, -0.1) is 0 Å². The molecule has 0 saturated heterocycles. The van der Waals surface area contributed by atoms with Crippen LogP contribution in [-0.4, -0.2) is 24.3 Å². The minimum Gasteiger partial charge on any atom is -0.211 e. The molecule has 4 aromatic rings. The molecule has 8 heteroatoms. The van der Waals surface area contributed by atoms with Crippen molar-refractivity contribution in [2.24, 2.45) is 20.0 Å². The van der Waals surface area contributed by atoms with Gasteiger partial charge in [-0.05, 0) is 95.8 Å². The van der Waals surface area contributed by atoms with Crippen LogP contribution in [0.3, 0.4) is 0 Å². The fourth-order valence-corrected chi connectivity index (χ4v) is 3.99. The summed E-state index contributed by atoms with van der Waals surface area (Å²) in [6.07, 6.45) is 6.11. The van der Waals surface area contributed by atoms with Crippen molar-refractivity contribution in [1.29, 1.82) is 0 Å². The molecule has 0 aliphatic rings. The fraction of sp³-hybridized carbons (Fsp3) is 0.125. The molecule has 0 aliphatic carbocycles. The highest BCUT2D eigenvalue weighted by Crippen LogP contribution is 2.30. The number of isocyanates is 4. The summed E-state index contributed by atoms with van der Waals surface area (Å²) in [6.45, 7) is 5.85. The van der Waals surface area contributed by atoms with Crippen LogP contribution in [0.2, 0.25) is 0 Å². The average molecular weight is 529 g/mol. The summed E-state index contributed by atoms with van der Waals surface area (Å²) < 4.78 is 0. The van der Waals surface area contributed by atoms with Gasteiger partial charge < -0.3 is 0 Å². The number of carbonyl (C=O) groups excluding carboxylic acids is 4. The van der Waals surface area contributed by atoms with E-state index in [9.17, 15) is 19.2 Å². The van der Waals surface area contributed by atoms with Gasteiger partial charge in [0.15, 0.2) is 0 Å². The fourth-order valence-electron chi connectivity index (χ4n) is 3.99. The Hall–Kier alpha value is -5.60. The molecule has 0 saturated carbocycles. The van der Waals surface area contributed by atoms with E-state index in [1.54, 1.807) is 48.6 Å². The van der Waals surface area contributed by atoms with E-state index in [4.69, 9.17) is 0 Å². The van der Waals surface area contributed by atoms with E-state index in [1.807, 2.05) is 62.4 Å². The second kappa shape index (κ2) is 14.4. The third-order valence-electron chi connectivity index (χ3n) is 6.19. The van der Waals surface area contributed by atoms with E-state index < -0.39 is 0 Å². The van der Waals surface area contributed by atoms with Gasteiger partial charge in [0.05, 0.1) is 22.7 Å². The van der Waals surface area contributed by atoms with Gasteiger partial charge in [-0.3, -0.25) is 0 Å². The zero-order chi connectivity index (χ0) is 28.9. The van der Waals surface area contributed by atoms with Crippen LogP contribution in [0.25, 0.3) is 11.1 Å². The maximum atomic E-state index is 10.3. The highest BCUT2D eigenvalue weighted by atomic mass is 16.1. The largest absolute Gasteiger partial charge is 0.240 e. The number of benzene rings is 4. The minimum absolute atomic E-state index is 0.193. The van der Waals surface area contributed by atoms with E-state index in [-0.39, 0.29) is 5.92 Å². The van der Waals surface area contributed by atoms with Crippen molar-refractivity contribution < 1.29 is 19.2 Å². The Bertz CT molecular complexity index is 1560. The maximum absolute atomic E-state index is 10.3. The van der Waals surface area contributed by atoms with E-state index >= 15 is 0 Å². The Morgan fingerprint density at radius 2 is 0.850 bits per heavy atom. The summed E-state index contributed by atoms with van der Waals surface area (Å²) in [5.41, 5.74) is 8.46. The first kappa shape index (κ1) is 29.0. The Morgan fingerprint density at radius 3 is 1.15 bits per heavy atom. The Balaban J connectivity index is 0.000000220. The monoisotopic (exact) mass is 528 g/mol. The number of aliphatic imine (C=N–C) groups is 4. The highest BCUT2D eigenvalue weighted by molar-refractivity contribution is 5.71. The second-order valence-electron chi connectivity index (χ2n) is 8.72. The van der Waals surface area contributed by atoms with Gasteiger partial charge in [-0.2, -0.15) is 20.0 Å². The van der Waals surface area contributed by atoms with Crippen LogP contribution in [0.1, 0.15) is 35.1 Å². The summed E-state index contributed by atoms with van der Waals surface area (Å²) in [5.74, 6) is 0.193. The molecule has 0 radical (unpaired) electrons. The molecular formula is C32H24N4O4. The van der Waals surface area contributed by atoms with Crippen LogP contribution in [0.5, 0.6) is 0 Å². The topological polar surface area (TPSA) is 118 Å². The molecule has 0 spiro atoms. The first-order chi connectivity index (χ1) is 19.4. The van der Waals surface area contributed by atoms with Crippen molar-refractivity contribution in [2.45, 2.75) is 26.7 Å². The van der Waals surface area contributed by atoms with Crippen molar-refractivity contribution in [3.8, 4) is 11.1 Å². The molecular weight excluding hydrogens is 504 g/mol. The number of nitrogens with zero attached hydrogens (tertiary/aromatic N) is 4. The molecule has 40 heavy (non-hydrogen) atoms. The van der Waals surface area contributed by atoms with Crippen molar-refractivity contribution in [3.05, 3.63) is 107 Å². The molecule has 0 bridgehead atoms. The van der Waals surface area contributed by atoms with Crippen LogP contribution in [0.4, 0.5) is 22.7 Å². The maximum Gasteiger partial charge on any atom is 0.240 e. The summed E-state index contributed by atoms with van der Waals surface area (Å²) in [4.78, 5) is 55.3. The van der Waals surface area contributed by atoms with Gasteiger partial charge in [-0.1, -0.05) is 43.3 Å². The summed E-state index contributed by atoms with van der Waals surface area (Å²) in [6, 6.07) is 26.1. The molecule has 0 fully saturated rings. The first-order valence-electron chi connectivity index (χ1n) is 12.1. The van der Waals surface area contributed by atoms with Crippen molar-refractivity contribution in [2.75, 3.05) is 0 Å². The lowest BCUT2D eigenvalue weighted by molar-refractivity contribution is 0.564. The van der Waals surface area contributed by atoms with Gasteiger partial charge in [0.1, 0.15) is 0 Å². The van der Waals surface area contributed by atoms with E-state index in [1.165, 1.54) is 12.2 Å². The third kappa shape index (κ3) is 7.70. The molecule has 4 aromatic carbocycles. The van der Waals surface area contributed by atoms with Crippen molar-refractivity contribution >= 4 is 47.1 Å². The van der Waals surface area contributed by atoms with E-state index in [0.29, 0.717) is 22.7 Å². The molecule has 196 valence electrons. The Morgan fingerprint density at radius 1 is 0.500 bits per heavy atom. The minimum atomic E-state index is 0.193. The standard InChI is InChI=1S/2C16H12N2O2/c1-12(13-2-6-15(7-3-13)17-10-19)14-4-8-16(9-5-14)18-11-20;1-11-7-13(3-5-15(11)17-9-19)14-4-6-16(18-10-20)12(2)8-14/h2-9,12H,1H3;3-8H,1-2H3. The summed E-state index contributed by atoms with van der Waals surface area (Å²) >= 11 is 0. The first-order valence-corrected chi connectivity index (χ1v) is 12.1. The predicted octanol–water partition coefficient (Wildman–Crippen LogP) is 7.68. The van der Waals surface area contributed by atoms with Crippen LogP contribution in [0.15, 0.2) is 105 Å². The molecule has 0 amide bonds. The number of hydrogen-bond acceptors (Lipinski definition) is 8. The molecule has 8 nitrogen and oxygen atoms in total. The number of rotatable bonds is 7. The lowest BCUT2D eigenvalue weighted by atomic mass is 9.93.